The third-order valence-corrected chi connectivity index (χ3v) is 7.60. The maximum absolute atomic E-state index is 13.4. The van der Waals surface area contributed by atoms with E-state index >= 15 is 0 Å². The Hall–Kier alpha value is -2.04. The molecule has 1 aliphatic heterocycles. The number of aromatic nitrogens is 2. The van der Waals surface area contributed by atoms with Gasteiger partial charge < -0.3 is 9.84 Å². The van der Waals surface area contributed by atoms with Crippen LogP contribution in [-0.4, -0.2) is 41.9 Å². The van der Waals surface area contributed by atoms with Crippen molar-refractivity contribution >= 4 is 27.5 Å². The monoisotopic (exact) mass is 486 g/mol. The van der Waals surface area contributed by atoms with E-state index in [2.05, 4.69) is 15.5 Å². The van der Waals surface area contributed by atoms with Crippen LogP contribution >= 0.6 is 11.6 Å². The first-order valence-corrected chi connectivity index (χ1v) is 12.2. The minimum Gasteiger partial charge on any atom is -0.344 e. The lowest BCUT2D eigenvalue weighted by molar-refractivity contribution is -0.128. The van der Waals surface area contributed by atoms with Gasteiger partial charge in [0.2, 0.25) is 21.8 Å². The van der Waals surface area contributed by atoms with E-state index in [0.29, 0.717) is 24.6 Å². The summed E-state index contributed by atoms with van der Waals surface area (Å²) in [6.07, 6.45) is 0.713. The summed E-state index contributed by atoms with van der Waals surface area (Å²) in [5, 5.41) is 6.72. The highest BCUT2D eigenvalue weighted by molar-refractivity contribution is 7.89. The summed E-state index contributed by atoms with van der Waals surface area (Å²) in [5.74, 6) is -0.372. The van der Waals surface area contributed by atoms with Crippen LogP contribution in [0.25, 0.3) is 0 Å². The second-order valence-corrected chi connectivity index (χ2v) is 11.9. The molecule has 1 saturated heterocycles. The van der Waals surface area contributed by atoms with Crippen molar-refractivity contribution in [3.05, 3.63) is 40.8 Å². The number of hydrogen-bond acceptors (Lipinski definition) is 6. The fraction of sp³-hybridized carbons (Fsp3) is 0.571. The normalized spacial score (nSPS) is 16.8. The predicted octanol–water partition coefficient (Wildman–Crippen LogP) is 3.61. The Morgan fingerprint density at radius 3 is 2.38 bits per heavy atom. The van der Waals surface area contributed by atoms with Gasteiger partial charge in [-0.25, -0.2) is 12.8 Å². The summed E-state index contributed by atoms with van der Waals surface area (Å²) in [6.45, 7) is 9.80. The molecule has 0 atom stereocenters. The largest absolute Gasteiger partial charge is 0.344 e. The minimum atomic E-state index is -3.82. The van der Waals surface area contributed by atoms with Crippen molar-refractivity contribution in [2.75, 3.05) is 13.1 Å². The maximum Gasteiger partial charge on any atom is 0.243 e. The highest BCUT2D eigenvalue weighted by atomic mass is 35.5. The lowest BCUT2D eigenvalue weighted by atomic mass is 9.94. The number of nitrogens with one attached hydrogen (secondary N) is 1. The van der Waals surface area contributed by atoms with Crippen LogP contribution in [0.5, 0.6) is 0 Å². The van der Waals surface area contributed by atoms with E-state index < -0.39 is 21.4 Å². The highest BCUT2D eigenvalue weighted by Gasteiger charge is 2.36. The van der Waals surface area contributed by atoms with Crippen LogP contribution in [0.15, 0.2) is 27.6 Å². The topological polar surface area (TPSA) is 105 Å². The van der Waals surface area contributed by atoms with Crippen molar-refractivity contribution in [1.82, 2.24) is 19.8 Å². The number of amides is 1. The standard InChI is InChI=1S/C21H28ClFN4O4S/c1-20(2,3)19-24-18(26-31-19)21(4,5)25-17(28)13-8-10-27(11-9-13)32(29,30)14-6-7-16(23)15(22)12-14/h6-7,12-13H,8-11H2,1-5H3,(H,25,28). The molecule has 0 saturated carbocycles. The Morgan fingerprint density at radius 1 is 1.22 bits per heavy atom. The van der Waals surface area contributed by atoms with E-state index in [-0.39, 0.29) is 40.2 Å². The third kappa shape index (κ3) is 5.13. The first-order chi connectivity index (χ1) is 14.7. The number of carbonyl (C=O) groups is 1. The Morgan fingerprint density at radius 2 is 1.84 bits per heavy atom. The van der Waals surface area contributed by atoms with Crippen LogP contribution in [0.4, 0.5) is 4.39 Å². The Bertz CT molecular complexity index is 1100. The molecule has 176 valence electrons. The molecule has 1 aliphatic rings. The summed E-state index contributed by atoms with van der Waals surface area (Å²) in [4.78, 5) is 17.2. The van der Waals surface area contributed by atoms with E-state index in [1.54, 1.807) is 13.8 Å². The molecule has 8 nitrogen and oxygen atoms in total. The van der Waals surface area contributed by atoms with E-state index in [1.807, 2.05) is 20.8 Å². The molecule has 1 aromatic heterocycles. The van der Waals surface area contributed by atoms with Crippen molar-refractivity contribution < 1.29 is 22.1 Å². The average Bonchev–Trinajstić information content (AvgIpc) is 3.21. The Kier molecular flexibility index (Phi) is 6.70. The zero-order valence-electron chi connectivity index (χ0n) is 18.8. The molecular formula is C21H28ClFN4O4S. The molecule has 1 fully saturated rings. The summed E-state index contributed by atoms with van der Waals surface area (Å²) in [5.41, 5.74) is -1.16. The number of rotatable bonds is 5. The summed E-state index contributed by atoms with van der Waals surface area (Å²) >= 11 is 5.73. The number of halogens is 2. The molecular weight excluding hydrogens is 459 g/mol. The zero-order chi connectivity index (χ0) is 23.9. The molecule has 0 unspecified atom stereocenters. The number of carbonyl (C=O) groups excluding carboxylic acids is 1. The maximum atomic E-state index is 13.4. The lowest BCUT2D eigenvalue weighted by Crippen LogP contribution is -2.48. The molecule has 0 aliphatic carbocycles. The van der Waals surface area contributed by atoms with Crippen molar-refractivity contribution in [3.63, 3.8) is 0 Å². The molecule has 0 bridgehead atoms. The van der Waals surface area contributed by atoms with Crippen LogP contribution in [0.1, 0.15) is 59.2 Å². The number of benzene rings is 1. The average molecular weight is 487 g/mol. The van der Waals surface area contributed by atoms with Gasteiger partial charge in [0.1, 0.15) is 5.82 Å². The molecule has 2 aromatic rings. The van der Waals surface area contributed by atoms with Gasteiger partial charge in [-0.1, -0.05) is 37.5 Å². The summed E-state index contributed by atoms with van der Waals surface area (Å²) in [6, 6.07) is 3.32. The van der Waals surface area contributed by atoms with Gasteiger partial charge >= 0.3 is 0 Å². The number of piperidine rings is 1. The molecule has 0 spiro atoms. The Labute approximate surface area is 192 Å². The van der Waals surface area contributed by atoms with Crippen LogP contribution < -0.4 is 5.32 Å². The van der Waals surface area contributed by atoms with Crippen LogP contribution in [0.2, 0.25) is 5.02 Å². The van der Waals surface area contributed by atoms with Crippen molar-refractivity contribution in [2.45, 2.75) is 63.3 Å². The van der Waals surface area contributed by atoms with Gasteiger partial charge in [0.15, 0.2) is 5.82 Å². The number of nitrogens with zero attached hydrogens (tertiary/aromatic N) is 3. The number of sulfonamides is 1. The molecule has 0 radical (unpaired) electrons. The van der Waals surface area contributed by atoms with Crippen molar-refractivity contribution in [2.24, 2.45) is 5.92 Å². The second-order valence-electron chi connectivity index (χ2n) is 9.54. The first kappa shape index (κ1) is 24.6. The SMILES string of the molecule is CC(C)(C)c1nc(C(C)(C)NC(=O)C2CCN(S(=O)(=O)c3ccc(F)c(Cl)c3)CC2)no1. The van der Waals surface area contributed by atoms with E-state index in [4.69, 9.17) is 16.1 Å². The smallest absolute Gasteiger partial charge is 0.243 e. The molecule has 32 heavy (non-hydrogen) atoms. The van der Waals surface area contributed by atoms with Gasteiger partial charge in [-0.05, 0) is 44.9 Å². The highest BCUT2D eigenvalue weighted by Crippen LogP contribution is 2.28. The lowest BCUT2D eigenvalue weighted by Gasteiger charge is -2.32. The molecule has 1 aromatic carbocycles. The first-order valence-electron chi connectivity index (χ1n) is 10.3. The fourth-order valence-electron chi connectivity index (χ4n) is 3.39. The van der Waals surface area contributed by atoms with E-state index in [9.17, 15) is 17.6 Å². The molecule has 2 heterocycles. The van der Waals surface area contributed by atoms with Crippen LogP contribution in [0, 0.1) is 11.7 Å². The molecule has 1 N–H and O–H groups in total. The fourth-order valence-corrected chi connectivity index (χ4v) is 5.13. The van der Waals surface area contributed by atoms with Crippen molar-refractivity contribution in [1.29, 1.82) is 0 Å². The second kappa shape index (κ2) is 8.72. The summed E-state index contributed by atoms with van der Waals surface area (Å²) in [7, 11) is -3.82. The van der Waals surface area contributed by atoms with E-state index in [1.165, 1.54) is 10.4 Å². The van der Waals surface area contributed by atoms with Gasteiger partial charge in [-0.15, -0.1) is 0 Å². The third-order valence-electron chi connectivity index (χ3n) is 5.42. The predicted molar refractivity (Wildman–Crippen MR) is 117 cm³/mol. The minimum absolute atomic E-state index is 0.0697. The molecule has 1 amide bonds. The molecule has 3 rings (SSSR count). The number of hydrogen-bond donors (Lipinski definition) is 1. The van der Waals surface area contributed by atoms with Gasteiger partial charge in [0.25, 0.3) is 0 Å². The van der Waals surface area contributed by atoms with Crippen LogP contribution in [0.3, 0.4) is 0 Å². The molecule has 11 heteroatoms. The van der Waals surface area contributed by atoms with Gasteiger partial charge in [-0.3, -0.25) is 4.79 Å². The summed E-state index contributed by atoms with van der Waals surface area (Å²) < 4.78 is 45.7. The van der Waals surface area contributed by atoms with Crippen molar-refractivity contribution in [3.8, 4) is 0 Å². The quantitative estimate of drug-likeness (QED) is 0.692. The van der Waals surface area contributed by atoms with Crippen LogP contribution in [-0.2, 0) is 25.8 Å². The van der Waals surface area contributed by atoms with Gasteiger partial charge in [0, 0.05) is 24.4 Å². The van der Waals surface area contributed by atoms with Gasteiger partial charge in [0.05, 0.1) is 15.5 Å². The van der Waals surface area contributed by atoms with E-state index in [0.717, 1.165) is 12.1 Å². The van der Waals surface area contributed by atoms with Gasteiger partial charge in [-0.2, -0.15) is 9.29 Å². The Balaban J connectivity index is 1.63. The zero-order valence-corrected chi connectivity index (χ0v) is 20.3.